The summed E-state index contributed by atoms with van der Waals surface area (Å²) in [5.74, 6) is 0.509. The van der Waals surface area contributed by atoms with Gasteiger partial charge in [0.2, 0.25) is 15.9 Å². The molecule has 1 aliphatic carbocycles. The van der Waals surface area contributed by atoms with E-state index >= 15 is 0 Å². The number of ether oxygens (including phenoxy) is 3. The summed E-state index contributed by atoms with van der Waals surface area (Å²) in [5.41, 5.74) is 1.25. The summed E-state index contributed by atoms with van der Waals surface area (Å²) in [7, 11) is 5.17. The minimum Gasteiger partial charge on any atom is -0.497 e. The summed E-state index contributed by atoms with van der Waals surface area (Å²) >= 11 is 0. The highest BCUT2D eigenvalue weighted by Crippen LogP contribution is 2.28. The zero-order valence-corrected chi connectivity index (χ0v) is 21.8. The molecule has 1 fully saturated rings. The van der Waals surface area contributed by atoms with Gasteiger partial charge in [0.25, 0.3) is 0 Å². The maximum Gasteiger partial charge on any atom is 0.248 e. The molecule has 1 amide bonds. The molecule has 0 aromatic heterocycles. The minimum absolute atomic E-state index is 0.0758. The fourth-order valence-electron chi connectivity index (χ4n) is 3.76. The molecule has 0 saturated heterocycles. The Kier molecular flexibility index (Phi) is 10.1. The van der Waals surface area contributed by atoms with E-state index in [2.05, 4.69) is 4.90 Å². The highest BCUT2D eigenvalue weighted by Gasteiger charge is 2.34. The van der Waals surface area contributed by atoms with E-state index in [1.165, 1.54) is 11.4 Å². The molecule has 188 valence electrons. The third-order valence-electron chi connectivity index (χ3n) is 6.02. The SMILES string of the molecule is COc1cc(C)c(S(=O)(=O)N(C)CCOCC(=O)N(C)[C@H]2C[C@@H](OCCN(C)C)C2)c(C)c1. The average Bonchev–Trinajstić information content (AvgIpc) is 2.70. The van der Waals surface area contributed by atoms with E-state index in [0.717, 1.165) is 19.4 Å². The number of rotatable bonds is 13. The number of carbonyl (C=O) groups excluding carboxylic acids is 1. The van der Waals surface area contributed by atoms with Gasteiger partial charge in [-0.25, -0.2) is 8.42 Å². The lowest BCUT2D eigenvalue weighted by Crippen LogP contribution is -2.50. The van der Waals surface area contributed by atoms with Gasteiger partial charge in [0.1, 0.15) is 12.4 Å². The zero-order chi connectivity index (χ0) is 24.8. The quantitative estimate of drug-likeness (QED) is 0.392. The number of sulfonamides is 1. The number of hydrogen-bond acceptors (Lipinski definition) is 7. The van der Waals surface area contributed by atoms with E-state index in [9.17, 15) is 13.2 Å². The van der Waals surface area contributed by atoms with Crippen LogP contribution >= 0.6 is 0 Å². The summed E-state index contributed by atoms with van der Waals surface area (Å²) < 4.78 is 43.8. The van der Waals surface area contributed by atoms with Crippen LogP contribution in [-0.4, -0.2) is 109 Å². The standard InChI is InChI=1S/C23H39N3O6S/c1-17-12-20(30-7)13-18(2)23(17)33(28,29)25(5)9-10-31-16-22(27)26(6)19-14-21(15-19)32-11-8-24(3)4/h12-13,19,21H,8-11,14-16H2,1-7H3/t19-,21+. The van der Waals surface area contributed by atoms with Gasteiger partial charge in [0.15, 0.2) is 0 Å². The van der Waals surface area contributed by atoms with Crippen LogP contribution in [0.4, 0.5) is 0 Å². The number of nitrogens with zero attached hydrogens (tertiary/aromatic N) is 3. The van der Waals surface area contributed by atoms with Crippen molar-refractivity contribution in [2.45, 2.75) is 43.7 Å². The monoisotopic (exact) mass is 485 g/mol. The van der Waals surface area contributed by atoms with E-state index in [0.29, 0.717) is 23.5 Å². The van der Waals surface area contributed by atoms with Gasteiger partial charge in [0, 0.05) is 33.2 Å². The normalized spacial score (nSPS) is 18.5. The van der Waals surface area contributed by atoms with Crippen molar-refractivity contribution < 1.29 is 27.4 Å². The minimum atomic E-state index is -3.68. The molecule has 1 aliphatic rings. The summed E-state index contributed by atoms with van der Waals surface area (Å²) in [4.78, 5) is 16.5. The van der Waals surface area contributed by atoms with Gasteiger partial charge in [-0.15, -0.1) is 0 Å². The Morgan fingerprint density at radius 3 is 2.18 bits per heavy atom. The molecular weight excluding hydrogens is 446 g/mol. The van der Waals surface area contributed by atoms with Gasteiger partial charge >= 0.3 is 0 Å². The van der Waals surface area contributed by atoms with Crippen molar-refractivity contribution >= 4 is 15.9 Å². The molecule has 0 aliphatic heterocycles. The van der Waals surface area contributed by atoms with Gasteiger partial charge in [0.05, 0.1) is 31.3 Å². The van der Waals surface area contributed by atoms with Crippen LogP contribution in [0.1, 0.15) is 24.0 Å². The Morgan fingerprint density at radius 1 is 1.03 bits per heavy atom. The van der Waals surface area contributed by atoms with Gasteiger partial charge < -0.3 is 24.0 Å². The topological polar surface area (TPSA) is 88.6 Å². The number of carbonyl (C=O) groups is 1. The fraction of sp³-hybridized carbons (Fsp3) is 0.696. The lowest BCUT2D eigenvalue weighted by molar-refractivity contribution is -0.142. The van der Waals surface area contributed by atoms with Crippen molar-refractivity contribution in [2.75, 3.05) is 68.2 Å². The third-order valence-corrected chi connectivity index (χ3v) is 8.18. The summed E-state index contributed by atoms with van der Waals surface area (Å²) in [6, 6.07) is 3.57. The van der Waals surface area contributed by atoms with Crippen molar-refractivity contribution in [3.05, 3.63) is 23.3 Å². The predicted octanol–water partition coefficient (Wildman–Crippen LogP) is 1.52. The Hall–Kier alpha value is -1.72. The number of methoxy groups -OCH3 is 1. The first-order valence-corrected chi connectivity index (χ1v) is 12.6. The molecule has 0 unspecified atom stereocenters. The van der Waals surface area contributed by atoms with Crippen LogP contribution in [0.15, 0.2) is 17.0 Å². The molecule has 1 aromatic rings. The number of amides is 1. The Balaban J connectivity index is 1.75. The van der Waals surface area contributed by atoms with Gasteiger partial charge in [-0.2, -0.15) is 4.31 Å². The van der Waals surface area contributed by atoms with Crippen LogP contribution in [0.5, 0.6) is 5.75 Å². The van der Waals surface area contributed by atoms with Gasteiger partial charge in [-0.3, -0.25) is 4.79 Å². The lowest BCUT2D eigenvalue weighted by Gasteiger charge is -2.41. The number of likely N-dealkylation sites (N-methyl/N-ethyl adjacent to an activating group) is 3. The smallest absolute Gasteiger partial charge is 0.248 e. The first-order valence-electron chi connectivity index (χ1n) is 11.2. The van der Waals surface area contributed by atoms with E-state index in [4.69, 9.17) is 14.2 Å². The van der Waals surface area contributed by atoms with Gasteiger partial charge in [-0.05, 0) is 64.0 Å². The second-order valence-corrected chi connectivity index (χ2v) is 10.9. The molecule has 9 nitrogen and oxygen atoms in total. The fourth-order valence-corrected chi connectivity index (χ4v) is 5.32. The van der Waals surface area contributed by atoms with Crippen LogP contribution in [0, 0.1) is 13.8 Å². The molecule has 1 saturated carbocycles. The van der Waals surface area contributed by atoms with Crippen LogP contribution in [0.3, 0.4) is 0 Å². The first kappa shape index (κ1) is 27.5. The van der Waals surface area contributed by atoms with E-state index < -0.39 is 10.0 Å². The number of benzene rings is 1. The van der Waals surface area contributed by atoms with Crippen LogP contribution in [-0.2, 0) is 24.3 Å². The Bertz CT molecular complexity index is 876. The van der Waals surface area contributed by atoms with Crippen LogP contribution < -0.4 is 4.74 Å². The molecule has 1 aromatic carbocycles. The molecule has 0 N–H and O–H groups in total. The van der Waals surface area contributed by atoms with Crippen molar-refractivity contribution in [3.63, 3.8) is 0 Å². The number of hydrogen-bond donors (Lipinski definition) is 0. The zero-order valence-electron chi connectivity index (χ0n) is 21.0. The molecule has 0 spiro atoms. The molecule has 0 heterocycles. The number of aryl methyl sites for hydroxylation is 2. The summed E-state index contributed by atoms with van der Waals surface area (Å²) in [6.07, 6.45) is 1.86. The second kappa shape index (κ2) is 12.1. The van der Waals surface area contributed by atoms with Crippen molar-refractivity contribution in [3.8, 4) is 5.75 Å². The van der Waals surface area contributed by atoms with Crippen LogP contribution in [0.25, 0.3) is 0 Å². The second-order valence-electron chi connectivity index (χ2n) is 8.90. The molecule has 0 radical (unpaired) electrons. The molecule has 0 atom stereocenters. The maximum atomic E-state index is 13.0. The highest BCUT2D eigenvalue weighted by molar-refractivity contribution is 7.89. The molecule has 0 bridgehead atoms. The predicted molar refractivity (Wildman–Crippen MR) is 127 cm³/mol. The van der Waals surface area contributed by atoms with E-state index in [-0.39, 0.29) is 42.7 Å². The first-order chi connectivity index (χ1) is 15.5. The van der Waals surface area contributed by atoms with Gasteiger partial charge in [-0.1, -0.05) is 0 Å². The Morgan fingerprint density at radius 2 is 1.64 bits per heavy atom. The maximum absolute atomic E-state index is 13.0. The lowest BCUT2D eigenvalue weighted by atomic mass is 9.88. The summed E-state index contributed by atoms with van der Waals surface area (Å²) in [5, 5.41) is 0. The molecule has 33 heavy (non-hydrogen) atoms. The van der Waals surface area contributed by atoms with E-state index in [1.807, 2.05) is 14.1 Å². The van der Waals surface area contributed by atoms with Crippen LogP contribution in [0.2, 0.25) is 0 Å². The molecule has 10 heteroatoms. The molecular formula is C23H39N3O6S. The molecule has 2 rings (SSSR count). The third kappa shape index (κ3) is 7.38. The van der Waals surface area contributed by atoms with E-state index in [1.54, 1.807) is 45.0 Å². The van der Waals surface area contributed by atoms with Crippen molar-refractivity contribution in [1.29, 1.82) is 0 Å². The average molecular weight is 486 g/mol. The Labute approximate surface area is 198 Å². The largest absolute Gasteiger partial charge is 0.497 e. The van der Waals surface area contributed by atoms with Crippen molar-refractivity contribution in [2.24, 2.45) is 0 Å². The highest BCUT2D eigenvalue weighted by atomic mass is 32.2. The van der Waals surface area contributed by atoms with Crippen molar-refractivity contribution in [1.82, 2.24) is 14.1 Å². The summed E-state index contributed by atoms with van der Waals surface area (Å²) in [6.45, 7) is 5.27.